The van der Waals surface area contributed by atoms with Crippen molar-refractivity contribution in [3.63, 3.8) is 0 Å². The van der Waals surface area contributed by atoms with Gasteiger partial charge in [0.05, 0.1) is 25.9 Å². The van der Waals surface area contributed by atoms with Gasteiger partial charge in [-0.1, -0.05) is 18.2 Å². The molecule has 1 aromatic rings. The summed E-state index contributed by atoms with van der Waals surface area (Å²) >= 11 is 0. The first-order valence-corrected chi connectivity index (χ1v) is 6.03. The number of nitrogens with one attached hydrogen (secondary N) is 1. The summed E-state index contributed by atoms with van der Waals surface area (Å²) in [4.78, 5) is 0. The van der Waals surface area contributed by atoms with Crippen LogP contribution in [0.5, 0.6) is 5.75 Å². The molecule has 17 heavy (non-hydrogen) atoms. The van der Waals surface area contributed by atoms with Gasteiger partial charge in [-0.3, -0.25) is 0 Å². The molecule has 0 aliphatic carbocycles. The third kappa shape index (κ3) is 4.73. The molecule has 0 radical (unpaired) electrons. The van der Waals surface area contributed by atoms with Gasteiger partial charge in [0.1, 0.15) is 12.4 Å². The van der Waals surface area contributed by atoms with Crippen molar-refractivity contribution in [3.8, 4) is 5.75 Å². The average Bonchev–Trinajstić information content (AvgIpc) is 2.41. The molecule has 4 heteroatoms. The van der Waals surface area contributed by atoms with E-state index in [9.17, 15) is 0 Å². The highest BCUT2D eigenvalue weighted by molar-refractivity contribution is 5.20. The van der Waals surface area contributed by atoms with E-state index in [0.717, 1.165) is 18.8 Å². The van der Waals surface area contributed by atoms with Gasteiger partial charge in [-0.05, 0) is 12.1 Å². The third-order valence-corrected chi connectivity index (χ3v) is 2.55. The van der Waals surface area contributed by atoms with Crippen LogP contribution in [0.3, 0.4) is 0 Å². The summed E-state index contributed by atoms with van der Waals surface area (Å²) in [6.07, 6.45) is 0.181. The lowest BCUT2D eigenvalue weighted by Crippen LogP contribution is -2.38. The predicted octanol–water partition coefficient (Wildman–Crippen LogP) is 1.07. The van der Waals surface area contributed by atoms with Crippen molar-refractivity contribution < 1.29 is 14.2 Å². The maximum Gasteiger partial charge on any atom is 0.119 e. The molecule has 0 saturated carbocycles. The van der Waals surface area contributed by atoms with Crippen LogP contribution in [0.1, 0.15) is 0 Å². The van der Waals surface area contributed by atoms with Gasteiger partial charge in [0.15, 0.2) is 0 Å². The molecule has 1 atom stereocenters. The topological polar surface area (TPSA) is 39.7 Å². The standard InChI is InChI=1S/C13H19NO3/c1-2-4-12(5-3-1)16-7-6-14-10-13-11-15-8-9-17-13/h1-5,13-14H,6-11H2. The van der Waals surface area contributed by atoms with Gasteiger partial charge >= 0.3 is 0 Å². The van der Waals surface area contributed by atoms with Gasteiger partial charge < -0.3 is 19.5 Å². The lowest BCUT2D eigenvalue weighted by molar-refractivity contribution is -0.0864. The number of ether oxygens (including phenoxy) is 3. The molecule has 0 bridgehead atoms. The minimum Gasteiger partial charge on any atom is -0.492 e. The molecule has 94 valence electrons. The molecular formula is C13H19NO3. The summed E-state index contributed by atoms with van der Waals surface area (Å²) in [6.45, 7) is 4.40. The van der Waals surface area contributed by atoms with E-state index < -0.39 is 0 Å². The minimum atomic E-state index is 0.181. The van der Waals surface area contributed by atoms with Gasteiger partial charge in [0.25, 0.3) is 0 Å². The second-order valence-electron chi connectivity index (χ2n) is 3.93. The predicted molar refractivity (Wildman–Crippen MR) is 65.4 cm³/mol. The first kappa shape index (κ1) is 12.4. The summed E-state index contributed by atoms with van der Waals surface area (Å²) in [7, 11) is 0. The molecule has 0 aromatic heterocycles. The molecule has 1 saturated heterocycles. The summed E-state index contributed by atoms with van der Waals surface area (Å²) in [5.74, 6) is 0.909. The Labute approximate surface area is 102 Å². The SMILES string of the molecule is c1ccc(OCCNCC2COCCO2)cc1. The highest BCUT2D eigenvalue weighted by Crippen LogP contribution is 2.07. The summed E-state index contributed by atoms with van der Waals surface area (Å²) in [6, 6.07) is 9.83. The van der Waals surface area contributed by atoms with E-state index in [2.05, 4.69) is 5.32 Å². The molecule has 1 unspecified atom stereocenters. The van der Waals surface area contributed by atoms with E-state index in [1.54, 1.807) is 0 Å². The fourth-order valence-corrected chi connectivity index (χ4v) is 1.68. The summed E-state index contributed by atoms with van der Waals surface area (Å²) in [5.41, 5.74) is 0. The zero-order chi connectivity index (χ0) is 11.8. The number of hydrogen-bond donors (Lipinski definition) is 1. The molecule has 1 aliphatic rings. The molecule has 1 aliphatic heterocycles. The van der Waals surface area contributed by atoms with Crippen LogP contribution in [0.4, 0.5) is 0 Å². The van der Waals surface area contributed by atoms with E-state index in [0.29, 0.717) is 26.4 Å². The fourth-order valence-electron chi connectivity index (χ4n) is 1.68. The van der Waals surface area contributed by atoms with Crippen molar-refractivity contribution in [1.29, 1.82) is 0 Å². The molecule has 1 heterocycles. The van der Waals surface area contributed by atoms with E-state index >= 15 is 0 Å². The molecule has 4 nitrogen and oxygen atoms in total. The Morgan fingerprint density at radius 3 is 2.88 bits per heavy atom. The van der Waals surface area contributed by atoms with Crippen LogP contribution in [-0.4, -0.2) is 45.6 Å². The van der Waals surface area contributed by atoms with Crippen LogP contribution >= 0.6 is 0 Å². The average molecular weight is 237 g/mol. The van der Waals surface area contributed by atoms with Crippen LogP contribution < -0.4 is 10.1 Å². The zero-order valence-electron chi connectivity index (χ0n) is 9.93. The second kappa shape index (κ2) is 7.27. The Morgan fingerprint density at radius 2 is 2.12 bits per heavy atom. The Morgan fingerprint density at radius 1 is 1.24 bits per heavy atom. The monoisotopic (exact) mass is 237 g/mol. The molecule has 1 aromatic carbocycles. The van der Waals surface area contributed by atoms with Crippen molar-refractivity contribution in [3.05, 3.63) is 30.3 Å². The maximum atomic E-state index is 5.56. The van der Waals surface area contributed by atoms with Crippen LogP contribution in [0.25, 0.3) is 0 Å². The van der Waals surface area contributed by atoms with Crippen molar-refractivity contribution in [2.75, 3.05) is 39.5 Å². The largest absolute Gasteiger partial charge is 0.492 e. The zero-order valence-corrected chi connectivity index (χ0v) is 9.93. The Hall–Kier alpha value is -1.10. The van der Waals surface area contributed by atoms with E-state index in [1.807, 2.05) is 30.3 Å². The Kier molecular flexibility index (Phi) is 5.29. The first-order chi connectivity index (χ1) is 8.45. The summed E-state index contributed by atoms with van der Waals surface area (Å²) < 4.78 is 16.4. The van der Waals surface area contributed by atoms with Crippen LogP contribution in [0.15, 0.2) is 30.3 Å². The van der Waals surface area contributed by atoms with Crippen molar-refractivity contribution in [2.45, 2.75) is 6.10 Å². The minimum absolute atomic E-state index is 0.181. The maximum absolute atomic E-state index is 5.56. The number of hydrogen-bond acceptors (Lipinski definition) is 4. The van der Waals surface area contributed by atoms with Gasteiger partial charge in [-0.2, -0.15) is 0 Å². The van der Waals surface area contributed by atoms with E-state index in [-0.39, 0.29) is 6.10 Å². The van der Waals surface area contributed by atoms with Crippen LogP contribution in [-0.2, 0) is 9.47 Å². The van der Waals surface area contributed by atoms with Crippen LogP contribution in [0.2, 0.25) is 0 Å². The molecule has 1 N–H and O–H groups in total. The molecule has 2 rings (SSSR count). The van der Waals surface area contributed by atoms with Gasteiger partial charge in [-0.15, -0.1) is 0 Å². The number of para-hydroxylation sites is 1. The molecule has 1 fully saturated rings. The smallest absolute Gasteiger partial charge is 0.119 e. The van der Waals surface area contributed by atoms with Crippen molar-refractivity contribution in [1.82, 2.24) is 5.32 Å². The highest BCUT2D eigenvalue weighted by atomic mass is 16.6. The number of rotatable bonds is 6. The lowest BCUT2D eigenvalue weighted by atomic mass is 10.3. The van der Waals surface area contributed by atoms with Crippen molar-refractivity contribution >= 4 is 0 Å². The molecule has 0 amide bonds. The molecular weight excluding hydrogens is 218 g/mol. The lowest BCUT2D eigenvalue weighted by Gasteiger charge is -2.23. The van der Waals surface area contributed by atoms with E-state index in [1.165, 1.54) is 0 Å². The number of benzene rings is 1. The van der Waals surface area contributed by atoms with Gasteiger partial charge in [0.2, 0.25) is 0 Å². The highest BCUT2D eigenvalue weighted by Gasteiger charge is 2.12. The first-order valence-electron chi connectivity index (χ1n) is 6.03. The van der Waals surface area contributed by atoms with Gasteiger partial charge in [-0.25, -0.2) is 0 Å². The van der Waals surface area contributed by atoms with Crippen LogP contribution in [0, 0.1) is 0 Å². The Balaban J connectivity index is 1.51. The quantitative estimate of drug-likeness (QED) is 0.751. The molecule has 0 spiro atoms. The summed E-state index contributed by atoms with van der Waals surface area (Å²) in [5, 5.41) is 3.30. The van der Waals surface area contributed by atoms with Crippen molar-refractivity contribution in [2.24, 2.45) is 0 Å². The second-order valence-corrected chi connectivity index (χ2v) is 3.93. The Bertz CT molecular complexity index is 299. The fraction of sp³-hybridized carbons (Fsp3) is 0.538. The normalized spacial score (nSPS) is 20.1. The van der Waals surface area contributed by atoms with Gasteiger partial charge in [0, 0.05) is 13.1 Å². The third-order valence-electron chi connectivity index (χ3n) is 2.55. The van der Waals surface area contributed by atoms with E-state index in [4.69, 9.17) is 14.2 Å².